The summed E-state index contributed by atoms with van der Waals surface area (Å²) in [4.78, 5) is 35.1. The first kappa shape index (κ1) is 20.0. The summed E-state index contributed by atoms with van der Waals surface area (Å²) in [5.41, 5.74) is 1.30. The van der Waals surface area contributed by atoms with Crippen LogP contribution in [-0.2, 0) is 24.2 Å². The predicted octanol–water partition coefficient (Wildman–Crippen LogP) is 4.24. The van der Waals surface area contributed by atoms with E-state index in [2.05, 4.69) is 13.8 Å². The van der Waals surface area contributed by atoms with Crippen LogP contribution < -0.4 is 5.56 Å². The topological polar surface area (TPSA) is 55.2 Å². The van der Waals surface area contributed by atoms with Gasteiger partial charge in [-0.2, -0.15) is 0 Å². The Balaban J connectivity index is 1.62. The van der Waals surface area contributed by atoms with Crippen molar-refractivity contribution in [3.63, 3.8) is 0 Å². The van der Waals surface area contributed by atoms with Crippen LogP contribution in [0.4, 0.5) is 0 Å². The largest absolute Gasteiger partial charge is 0.337 e. The molecule has 2 atom stereocenters. The highest BCUT2D eigenvalue weighted by atomic mass is 32.2. The van der Waals surface area contributed by atoms with Gasteiger partial charge in [-0.15, -0.1) is 11.3 Å². The molecule has 0 radical (unpaired) electrons. The Kier molecular flexibility index (Phi) is 5.83. The zero-order valence-electron chi connectivity index (χ0n) is 17.0. The van der Waals surface area contributed by atoms with Crippen LogP contribution in [0.3, 0.4) is 0 Å². The summed E-state index contributed by atoms with van der Waals surface area (Å²) in [7, 11) is 0. The number of rotatable bonds is 4. The van der Waals surface area contributed by atoms with Gasteiger partial charge in [-0.3, -0.25) is 14.2 Å². The second-order valence-corrected chi connectivity index (χ2v) is 10.1. The third kappa shape index (κ3) is 3.52. The molecular formula is C21H29N3O2S2. The van der Waals surface area contributed by atoms with Gasteiger partial charge in [0.05, 0.1) is 11.1 Å². The zero-order chi connectivity index (χ0) is 19.8. The maximum Gasteiger partial charge on any atom is 0.263 e. The molecule has 0 saturated carbocycles. The highest BCUT2D eigenvalue weighted by Crippen LogP contribution is 2.35. The fourth-order valence-corrected chi connectivity index (χ4v) is 6.96. The summed E-state index contributed by atoms with van der Waals surface area (Å²) in [5.74, 6) is 0.504. The molecule has 152 valence electrons. The molecule has 0 N–H and O–H groups in total. The minimum atomic E-state index is 0.0709. The molecule has 0 bridgehead atoms. The molecule has 1 amide bonds. The number of hydrogen-bond donors (Lipinski definition) is 0. The van der Waals surface area contributed by atoms with Crippen molar-refractivity contribution in [3.8, 4) is 0 Å². The molecule has 2 aromatic rings. The lowest BCUT2D eigenvalue weighted by Gasteiger charge is -2.39. The summed E-state index contributed by atoms with van der Waals surface area (Å²) < 4.78 is 1.75. The summed E-state index contributed by atoms with van der Waals surface area (Å²) in [6.45, 7) is 6.84. The molecule has 4 rings (SSSR count). The maximum absolute atomic E-state index is 13.2. The Hall–Kier alpha value is -1.34. The van der Waals surface area contributed by atoms with E-state index in [1.54, 1.807) is 15.9 Å². The van der Waals surface area contributed by atoms with Gasteiger partial charge in [-0.1, -0.05) is 11.8 Å². The van der Waals surface area contributed by atoms with Crippen molar-refractivity contribution < 1.29 is 4.79 Å². The second-order valence-electron chi connectivity index (χ2n) is 8.05. The summed E-state index contributed by atoms with van der Waals surface area (Å²) >= 11 is 3.10. The van der Waals surface area contributed by atoms with Crippen LogP contribution in [-0.4, -0.2) is 38.2 Å². The number of thioether (sulfide) groups is 1. The van der Waals surface area contributed by atoms with Gasteiger partial charge in [0.25, 0.3) is 5.56 Å². The minimum Gasteiger partial charge on any atom is -0.337 e. The second kappa shape index (κ2) is 8.19. The van der Waals surface area contributed by atoms with Crippen molar-refractivity contribution in [2.45, 2.75) is 89.5 Å². The van der Waals surface area contributed by atoms with Crippen LogP contribution >= 0.6 is 23.1 Å². The fourth-order valence-electron chi connectivity index (χ4n) is 4.72. The van der Waals surface area contributed by atoms with Crippen LogP contribution in [0.1, 0.15) is 63.3 Å². The average molecular weight is 420 g/mol. The first-order valence-electron chi connectivity index (χ1n) is 10.5. The molecular weight excluding hydrogens is 390 g/mol. The number of piperidine rings is 1. The molecule has 0 aromatic carbocycles. The van der Waals surface area contributed by atoms with Crippen molar-refractivity contribution in [3.05, 3.63) is 20.8 Å². The van der Waals surface area contributed by atoms with Crippen molar-refractivity contribution in [2.24, 2.45) is 0 Å². The summed E-state index contributed by atoms with van der Waals surface area (Å²) in [5, 5.41) is 1.51. The van der Waals surface area contributed by atoms with Crippen molar-refractivity contribution >= 4 is 39.2 Å². The van der Waals surface area contributed by atoms with E-state index < -0.39 is 0 Å². The van der Waals surface area contributed by atoms with Gasteiger partial charge in [-0.25, -0.2) is 4.98 Å². The lowest BCUT2D eigenvalue weighted by molar-refractivity contribution is -0.134. The molecule has 2 aliphatic rings. The normalized spacial score (nSPS) is 22.5. The molecule has 7 heteroatoms. The van der Waals surface area contributed by atoms with Crippen molar-refractivity contribution in [1.82, 2.24) is 14.5 Å². The predicted molar refractivity (Wildman–Crippen MR) is 117 cm³/mol. The van der Waals surface area contributed by atoms with E-state index in [-0.39, 0.29) is 11.5 Å². The van der Waals surface area contributed by atoms with Crippen LogP contribution in [0.15, 0.2) is 9.95 Å². The number of carbonyl (C=O) groups is 1. The Morgan fingerprint density at radius 2 is 1.89 bits per heavy atom. The molecule has 1 fully saturated rings. The number of hydrogen-bond acceptors (Lipinski definition) is 5. The van der Waals surface area contributed by atoms with Crippen LogP contribution in [0.2, 0.25) is 0 Å². The summed E-state index contributed by atoms with van der Waals surface area (Å²) in [6, 6.07) is 0.592. The molecule has 0 spiro atoms. The number of aryl methyl sites for hydroxylation is 2. The van der Waals surface area contributed by atoms with E-state index in [4.69, 9.17) is 4.98 Å². The number of thiophene rings is 1. The van der Waals surface area contributed by atoms with Gasteiger partial charge in [0.15, 0.2) is 5.16 Å². The zero-order valence-corrected chi connectivity index (χ0v) is 18.6. The number of fused-ring (bicyclic) bond motifs is 3. The first-order valence-corrected chi connectivity index (χ1v) is 12.3. The van der Waals surface area contributed by atoms with E-state index in [0.29, 0.717) is 29.5 Å². The van der Waals surface area contributed by atoms with Crippen molar-refractivity contribution in [2.75, 3.05) is 5.75 Å². The number of carbonyl (C=O) groups excluding carboxylic acids is 1. The lowest BCUT2D eigenvalue weighted by Crippen LogP contribution is -2.48. The Labute approximate surface area is 174 Å². The minimum absolute atomic E-state index is 0.0709. The third-order valence-electron chi connectivity index (χ3n) is 6.16. The SMILES string of the molecule is CCn1c(SCC(=O)N2C(C)CCCC2C)nc2sc3c(c2c1=O)CCCC3. The number of amides is 1. The average Bonchev–Trinajstić information content (AvgIpc) is 3.05. The maximum atomic E-state index is 13.2. The van der Waals surface area contributed by atoms with E-state index in [9.17, 15) is 9.59 Å². The molecule has 28 heavy (non-hydrogen) atoms. The molecule has 2 aromatic heterocycles. The van der Waals surface area contributed by atoms with E-state index in [1.807, 2.05) is 11.8 Å². The lowest BCUT2D eigenvalue weighted by atomic mass is 9.97. The smallest absolute Gasteiger partial charge is 0.263 e. The van der Waals surface area contributed by atoms with Gasteiger partial charge >= 0.3 is 0 Å². The summed E-state index contributed by atoms with van der Waals surface area (Å²) in [6.07, 6.45) is 7.75. The molecule has 1 aliphatic carbocycles. The fraction of sp³-hybridized carbons (Fsp3) is 0.667. The molecule has 1 saturated heterocycles. The van der Waals surface area contributed by atoms with Crippen LogP contribution in [0.25, 0.3) is 10.2 Å². The Bertz CT molecular complexity index is 939. The number of nitrogens with zero attached hydrogens (tertiary/aromatic N) is 3. The van der Waals surface area contributed by atoms with Gasteiger partial charge < -0.3 is 4.90 Å². The van der Waals surface area contributed by atoms with Gasteiger partial charge in [-0.05, 0) is 71.3 Å². The van der Waals surface area contributed by atoms with Crippen molar-refractivity contribution in [1.29, 1.82) is 0 Å². The number of likely N-dealkylation sites (tertiary alicyclic amines) is 1. The molecule has 3 heterocycles. The highest BCUT2D eigenvalue weighted by molar-refractivity contribution is 7.99. The third-order valence-corrected chi connectivity index (χ3v) is 8.31. The monoisotopic (exact) mass is 419 g/mol. The highest BCUT2D eigenvalue weighted by Gasteiger charge is 2.29. The van der Waals surface area contributed by atoms with Crippen LogP contribution in [0.5, 0.6) is 0 Å². The quantitative estimate of drug-likeness (QED) is 0.549. The van der Waals surface area contributed by atoms with Gasteiger partial charge in [0, 0.05) is 23.5 Å². The van der Waals surface area contributed by atoms with Gasteiger partial charge in [0.2, 0.25) is 5.91 Å². The van der Waals surface area contributed by atoms with Crippen LogP contribution in [0, 0.1) is 0 Å². The molecule has 2 unspecified atom stereocenters. The van der Waals surface area contributed by atoms with Gasteiger partial charge in [0.1, 0.15) is 4.83 Å². The first-order chi connectivity index (χ1) is 13.5. The Morgan fingerprint density at radius 3 is 2.61 bits per heavy atom. The molecule has 1 aliphatic heterocycles. The number of aromatic nitrogens is 2. The van der Waals surface area contributed by atoms with E-state index in [1.165, 1.54) is 35.0 Å². The Morgan fingerprint density at radius 1 is 1.18 bits per heavy atom. The molecule has 5 nitrogen and oxygen atoms in total. The van der Waals surface area contributed by atoms with E-state index >= 15 is 0 Å². The van der Waals surface area contributed by atoms with E-state index in [0.717, 1.165) is 42.3 Å². The standard InChI is InChI=1S/C21H29N3O2S2/c1-4-23-20(26)18-15-10-5-6-11-16(15)28-19(18)22-21(23)27-12-17(25)24-13(2)8-7-9-14(24)3/h13-14H,4-12H2,1-3H3.